The SMILES string of the molecule is C[C@@H]1[C@@H]([Si](C)(C)F)[C@H](CC(=O)N(CCO)Cc2ccccc2)O[C@@]12C(=O)N(Cc1ccc(N3N=C(c4ccccc4)CCC3=O)cc1)c1ccccc12. The zero-order valence-corrected chi connectivity index (χ0v) is 31.3. The van der Waals surface area contributed by atoms with Crippen molar-refractivity contribution < 1.29 is 28.3 Å². The molecule has 7 rings (SSSR count). The van der Waals surface area contributed by atoms with Gasteiger partial charge in [-0.3, -0.25) is 14.4 Å². The summed E-state index contributed by atoms with van der Waals surface area (Å²) in [5.74, 6) is -1.18. The molecule has 1 fully saturated rings. The maximum Gasteiger partial charge on any atom is 0.264 e. The van der Waals surface area contributed by atoms with E-state index in [1.54, 1.807) is 22.9 Å². The first-order valence-electron chi connectivity index (χ1n) is 18.3. The van der Waals surface area contributed by atoms with E-state index in [9.17, 15) is 19.5 Å². The lowest BCUT2D eigenvalue weighted by atomic mass is 9.82. The van der Waals surface area contributed by atoms with E-state index in [-0.39, 0.29) is 43.8 Å². The molecule has 0 saturated carbocycles. The highest BCUT2D eigenvalue weighted by Crippen LogP contribution is 2.60. The number of aliphatic hydroxyl groups excluding tert-OH is 1. The summed E-state index contributed by atoms with van der Waals surface area (Å²) in [7, 11) is -3.50. The topological polar surface area (TPSA) is 103 Å². The molecule has 0 aliphatic carbocycles. The zero-order valence-electron chi connectivity index (χ0n) is 30.3. The molecule has 11 heteroatoms. The number of benzene rings is 4. The van der Waals surface area contributed by atoms with Crippen molar-refractivity contribution >= 4 is 43.2 Å². The molecule has 4 atom stereocenters. The molecule has 1 N–H and O–H groups in total. The van der Waals surface area contributed by atoms with Crippen molar-refractivity contribution in [3.05, 3.63) is 131 Å². The number of nitrogens with zero attached hydrogens (tertiary/aromatic N) is 4. The lowest BCUT2D eigenvalue weighted by Gasteiger charge is -2.31. The maximum atomic E-state index is 16.4. The Bertz CT molecular complexity index is 2010. The van der Waals surface area contributed by atoms with Gasteiger partial charge in [-0.1, -0.05) is 97.9 Å². The van der Waals surface area contributed by atoms with Gasteiger partial charge in [0, 0.05) is 43.0 Å². The number of anilines is 2. The monoisotopic (exact) mass is 732 g/mol. The summed E-state index contributed by atoms with van der Waals surface area (Å²) in [6, 6.07) is 34.3. The smallest absolute Gasteiger partial charge is 0.264 e. The van der Waals surface area contributed by atoms with Crippen LogP contribution in [0, 0.1) is 5.92 Å². The second kappa shape index (κ2) is 14.8. The molecule has 3 aliphatic heterocycles. The normalized spacial score (nSPS) is 22.7. The Kier molecular flexibility index (Phi) is 10.2. The Morgan fingerprint density at radius 1 is 0.925 bits per heavy atom. The van der Waals surface area contributed by atoms with E-state index >= 15 is 4.11 Å². The number of rotatable bonds is 11. The number of hydrogen-bond acceptors (Lipinski definition) is 6. The van der Waals surface area contributed by atoms with Crippen LogP contribution in [0.1, 0.15) is 48.4 Å². The fourth-order valence-electron chi connectivity index (χ4n) is 8.39. The van der Waals surface area contributed by atoms with Crippen molar-refractivity contribution in [2.45, 2.75) is 69.6 Å². The third-order valence-corrected chi connectivity index (χ3v) is 13.3. The third kappa shape index (κ3) is 6.96. The highest BCUT2D eigenvalue weighted by molar-refractivity contribution is 6.72. The van der Waals surface area contributed by atoms with Crippen molar-refractivity contribution in [1.29, 1.82) is 0 Å². The van der Waals surface area contributed by atoms with Gasteiger partial charge in [0.25, 0.3) is 5.91 Å². The third-order valence-electron chi connectivity index (χ3n) is 10.8. The molecule has 0 aromatic heterocycles. The molecule has 0 radical (unpaired) electrons. The second-order valence-corrected chi connectivity index (χ2v) is 18.5. The van der Waals surface area contributed by atoms with Crippen molar-refractivity contribution in [3.63, 3.8) is 0 Å². The van der Waals surface area contributed by atoms with Gasteiger partial charge in [0.05, 0.1) is 42.8 Å². The van der Waals surface area contributed by atoms with Crippen molar-refractivity contribution in [1.82, 2.24) is 4.90 Å². The van der Waals surface area contributed by atoms with Gasteiger partial charge in [-0.15, -0.1) is 0 Å². The Balaban J connectivity index is 1.15. The van der Waals surface area contributed by atoms with Crippen LogP contribution >= 0.6 is 0 Å². The minimum absolute atomic E-state index is 0.0862. The molecule has 53 heavy (non-hydrogen) atoms. The molecule has 4 aromatic rings. The van der Waals surface area contributed by atoms with Crippen molar-refractivity contribution in [3.8, 4) is 0 Å². The van der Waals surface area contributed by atoms with Crippen molar-refractivity contribution in [2.75, 3.05) is 23.1 Å². The minimum Gasteiger partial charge on any atom is -0.395 e. The van der Waals surface area contributed by atoms with Crippen LogP contribution in [-0.2, 0) is 37.8 Å². The predicted molar refractivity (Wildman–Crippen MR) is 205 cm³/mol. The van der Waals surface area contributed by atoms with Crippen molar-refractivity contribution in [2.24, 2.45) is 11.0 Å². The first-order valence-corrected chi connectivity index (χ1v) is 21.2. The molecule has 3 amide bonds. The molecule has 1 saturated heterocycles. The number of carbonyl (C=O) groups is 3. The summed E-state index contributed by atoms with van der Waals surface area (Å²) in [4.78, 5) is 44.9. The highest BCUT2D eigenvalue weighted by Gasteiger charge is 2.67. The average molecular weight is 733 g/mol. The summed E-state index contributed by atoms with van der Waals surface area (Å²) < 4.78 is 23.2. The van der Waals surface area contributed by atoms with E-state index in [4.69, 9.17) is 4.74 Å². The molecule has 1 spiro atoms. The van der Waals surface area contributed by atoms with E-state index in [2.05, 4.69) is 5.10 Å². The summed E-state index contributed by atoms with van der Waals surface area (Å²) in [5.41, 5.74) is 3.46. The van der Waals surface area contributed by atoms with Gasteiger partial charge < -0.3 is 23.8 Å². The van der Waals surface area contributed by atoms with Gasteiger partial charge in [-0.05, 0) is 48.0 Å². The number of para-hydroxylation sites is 1. The average Bonchev–Trinajstić information content (AvgIpc) is 3.58. The first kappa shape index (κ1) is 36.4. The summed E-state index contributed by atoms with van der Waals surface area (Å²) in [5, 5.41) is 15.9. The van der Waals surface area contributed by atoms with Gasteiger partial charge in [0.1, 0.15) is 0 Å². The van der Waals surface area contributed by atoms with Gasteiger partial charge in [-0.25, -0.2) is 5.01 Å². The van der Waals surface area contributed by atoms with Gasteiger partial charge in [0.2, 0.25) is 20.2 Å². The number of ether oxygens (including phenoxy) is 1. The standard InChI is InChI=1S/C42H45FN4O5Si/c1-29-40(53(2,3)43)37(26-39(50)45(24-25-48)27-30-12-6-4-7-13-30)52-42(29)34-16-10-11-17-36(34)46(41(42)51)28-31-18-20-33(21-19-31)47-38(49)23-22-35(44-47)32-14-8-5-9-15-32/h4-21,29,37,40,48H,22-28H2,1-3H3/t29-,37+,40-,42+/m1/s1. The summed E-state index contributed by atoms with van der Waals surface area (Å²) >= 11 is 0. The largest absolute Gasteiger partial charge is 0.395 e. The lowest BCUT2D eigenvalue weighted by molar-refractivity contribution is -0.150. The molecule has 3 heterocycles. The van der Waals surface area contributed by atoms with Gasteiger partial charge in [0.15, 0.2) is 5.60 Å². The van der Waals surface area contributed by atoms with Crippen LogP contribution in [0.2, 0.25) is 18.6 Å². The molecule has 0 unspecified atom stereocenters. The Morgan fingerprint density at radius 3 is 2.26 bits per heavy atom. The minimum atomic E-state index is -3.50. The second-order valence-electron chi connectivity index (χ2n) is 14.7. The van der Waals surface area contributed by atoms with Crippen LogP contribution in [0.3, 0.4) is 0 Å². The van der Waals surface area contributed by atoms with Gasteiger partial charge in [-0.2, -0.15) is 5.10 Å². The molecule has 0 bridgehead atoms. The predicted octanol–water partition coefficient (Wildman–Crippen LogP) is 6.95. The Hall–Kier alpha value is -4.97. The van der Waals surface area contributed by atoms with E-state index in [1.165, 1.54) is 5.01 Å². The number of halogens is 1. The van der Waals surface area contributed by atoms with E-state index in [1.807, 2.05) is 116 Å². The van der Waals surface area contributed by atoms with E-state index in [0.717, 1.165) is 22.4 Å². The molecule has 3 aliphatic rings. The van der Waals surface area contributed by atoms with Crippen LogP contribution in [0.4, 0.5) is 15.5 Å². The maximum absolute atomic E-state index is 16.4. The fourth-order valence-corrected chi connectivity index (χ4v) is 10.9. The van der Waals surface area contributed by atoms with Crippen LogP contribution in [0.25, 0.3) is 0 Å². The van der Waals surface area contributed by atoms with Crippen LogP contribution in [0.5, 0.6) is 0 Å². The zero-order chi connectivity index (χ0) is 37.3. The Morgan fingerprint density at radius 2 is 1.58 bits per heavy atom. The number of carbonyl (C=O) groups excluding carboxylic acids is 3. The van der Waals surface area contributed by atoms with Crippen LogP contribution in [-0.4, -0.2) is 61.1 Å². The quantitative estimate of drug-likeness (QED) is 0.133. The number of aliphatic hydroxyl groups is 1. The van der Waals surface area contributed by atoms with Crippen LogP contribution in [0.15, 0.2) is 114 Å². The molecular formula is C42H45FN4O5Si. The van der Waals surface area contributed by atoms with E-state index in [0.29, 0.717) is 36.3 Å². The Labute approximate surface area is 310 Å². The summed E-state index contributed by atoms with van der Waals surface area (Å²) in [6.45, 7) is 5.56. The lowest BCUT2D eigenvalue weighted by Crippen LogP contribution is -2.45. The highest BCUT2D eigenvalue weighted by atomic mass is 28.4. The summed E-state index contributed by atoms with van der Waals surface area (Å²) in [6.07, 6.45) is -0.0125. The van der Waals surface area contributed by atoms with Crippen LogP contribution < -0.4 is 9.91 Å². The first-order chi connectivity index (χ1) is 25.5. The molecule has 9 nitrogen and oxygen atoms in total. The number of hydrogen-bond donors (Lipinski definition) is 1. The molecule has 274 valence electrons. The fraction of sp³-hybridized carbons (Fsp3) is 0.333. The number of hydrazone groups is 1. The molecule has 4 aromatic carbocycles. The number of amides is 3. The molecular weight excluding hydrogens is 688 g/mol. The number of fused-ring (bicyclic) bond motifs is 2. The van der Waals surface area contributed by atoms with E-state index < -0.39 is 31.6 Å². The van der Waals surface area contributed by atoms with Gasteiger partial charge >= 0.3 is 0 Å².